The molecule has 2 aromatic carbocycles. The molecule has 0 fully saturated rings. The molecule has 3 nitrogen and oxygen atoms in total. The lowest BCUT2D eigenvalue weighted by Crippen LogP contribution is -2.04. The summed E-state index contributed by atoms with van der Waals surface area (Å²) in [7, 11) is 1.61. The van der Waals surface area contributed by atoms with Crippen LogP contribution in [0.4, 0.5) is 24.7 Å². The van der Waals surface area contributed by atoms with Crippen molar-refractivity contribution < 1.29 is 13.2 Å². The zero-order valence-electron chi connectivity index (χ0n) is 13.2. The maximum atomic E-state index is 14.1. The lowest BCUT2D eigenvalue weighted by atomic mass is 10.1. The fourth-order valence-electron chi connectivity index (χ4n) is 2.60. The molecule has 0 amide bonds. The summed E-state index contributed by atoms with van der Waals surface area (Å²) in [5.74, 6) is -1.87. The van der Waals surface area contributed by atoms with Crippen LogP contribution in [0.25, 0.3) is 11.1 Å². The molecule has 0 aliphatic rings. The molecule has 0 atom stereocenters. The van der Waals surface area contributed by atoms with Crippen LogP contribution in [0.2, 0.25) is 10.0 Å². The number of nitrogens with one attached hydrogen (secondary N) is 1. The molecule has 1 N–H and O–H groups in total. The molecule has 0 bridgehead atoms. The second-order valence-corrected chi connectivity index (χ2v) is 6.27. The van der Waals surface area contributed by atoms with E-state index in [9.17, 15) is 13.2 Å². The third-order valence-electron chi connectivity index (χ3n) is 3.67. The summed E-state index contributed by atoms with van der Waals surface area (Å²) in [6, 6.07) is 5.90. The Balaban J connectivity index is 2.16. The van der Waals surface area contributed by atoms with Gasteiger partial charge in [-0.1, -0.05) is 23.2 Å². The van der Waals surface area contributed by atoms with Crippen molar-refractivity contribution in [1.29, 1.82) is 0 Å². The molecule has 1 aromatic heterocycles. The quantitative estimate of drug-likeness (QED) is 0.611. The Hall–Kier alpha value is -2.18. The molecule has 0 unspecified atom stereocenters. The number of hydrogen-bond acceptors (Lipinski definition) is 2. The van der Waals surface area contributed by atoms with Crippen LogP contribution in [0.3, 0.4) is 0 Å². The van der Waals surface area contributed by atoms with Gasteiger partial charge >= 0.3 is 0 Å². The van der Waals surface area contributed by atoms with Crippen LogP contribution in [0.5, 0.6) is 0 Å². The van der Waals surface area contributed by atoms with Gasteiger partial charge in [0.15, 0.2) is 11.6 Å². The number of halogens is 5. The topological polar surface area (TPSA) is 29.9 Å². The van der Waals surface area contributed by atoms with Crippen molar-refractivity contribution in [2.75, 3.05) is 5.32 Å². The SMILES string of the molecule is Cc1nn(C)c(Nc2c(F)cc(Cl)cc2F)c1-c1ccc(F)cc1Cl. The predicted molar refractivity (Wildman–Crippen MR) is 93.0 cm³/mol. The highest BCUT2D eigenvalue weighted by Crippen LogP contribution is 2.38. The van der Waals surface area contributed by atoms with Crippen molar-refractivity contribution in [2.45, 2.75) is 6.92 Å². The smallest absolute Gasteiger partial charge is 0.151 e. The van der Waals surface area contributed by atoms with Gasteiger partial charge < -0.3 is 5.32 Å². The van der Waals surface area contributed by atoms with E-state index >= 15 is 0 Å². The molecule has 0 aliphatic heterocycles. The molecule has 3 rings (SSSR count). The Kier molecular flexibility index (Phi) is 4.67. The van der Waals surface area contributed by atoms with E-state index in [0.717, 1.165) is 18.2 Å². The average molecular weight is 386 g/mol. The van der Waals surface area contributed by atoms with Crippen LogP contribution in [0.1, 0.15) is 5.69 Å². The van der Waals surface area contributed by atoms with Crippen molar-refractivity contribution in [3.05, 3.63) is 63.5 Å². The van der Waals surface area contributed by atoms with Gasteiger partial charge in [0.1, 0.15) is 17.3 Å². The monoisotopic (exact) mass is 385 g/mol. The van der Waals surface area contributed by atoms with Gasteiger partial charge in [-0.2, -0.15) is 5.10 Å². The third kappa shape index (κ3) is 3.32. The lowest BCUT2D eigenvalue weighted by molar-refractivity contribution is 0.590. The molecular formula is C17H12Cl2F3N3. The van der Waals surface area contributed by atoms with Crippen LogP contribution in [-0.2, 0) is 7.05 Å². The van der Waals surface area contributed by atoms with Crippen LogP contribution < -0.4 is 5.32 Å². The first-order valence-electron chi connectivity index (χ1n) is 7.18. The molecule has 25 heavy (non-hydrogen) atoms. The molecule has 130 valence electrons. The molecule has 8 heteroatoms. The predicted octanol–water partition coefficient (Wildman–Crippen LogP) is 5.86. The molecule has 3 aromatic rings. The fourth-order valence-corrected chi connectivity index (χ4v) is 3.05. The summed E-state index contributed by atoms with van der Waals surface area (Å²) in [6.07, 6.45) is 0. The Labute approximate surface area is 152 Å². The van der Waals surface area contributed by atoms with Crippen molar-refractivity contribution in [1.82, 2.24) is 9.78 Å². The van der Waals surface area contributed by atoms with Crippen LogP contribution in [0, 0.1) is 24.4 Å². The van der Waals surface area contributed by atoms with Crippen molar-refractivity contribution in [3.8, 4) is 11.1 Å². The highest BCUT2D eigenvalue weighted by atomic mass is 35.5. The molecule has 0 saturated carbocycles. The summed E-state index contributed by atoms with van der Waals surface area (Å²) in [5, 5.41) is 7.07. The Bertz CT molecular complexity index is 947. The number of benzene rings is 2. The Morgan fingerprint density at radius 3 is 2.28 bits per heavy atom. The standard InChI is InChI=1S/C17H12Cl2F3N3/c1-8-15(11-4-3-10(20)7-12(11)19)17(25(2)24-8)23-16-13(21)5-9(18)6-14(16)22/h3-7,23H,1-2H3. The second kappa shape index (κ2) is 6.61. The number of anilines is 2. The number of aryl methyl sites for hydroxylation is 2. The summed E-state index contributed by atoms with van der Waals surface area (Å²) < 4.78 is 43.0. The van der Waals surface area contributed by atoms with Gasteiger partial charge in [0.2, 0.25) is 0 Å². The lowest BCUT2D eigenvalue weighted by Gasteiger charge is -2.13. The van der Waals surface area contributed by atoms with E-state index in [-0.39, 0.29) is 15.7 Å². The first kappa shape index (κ1) is 17.6. The Morgan fingerprint density at radius 1 is 1.04 bits per heavy atom. The van der Waals surface area contributed by atoms with Gasteiger partial charge in [-0.25, -0.2) is 13.2 Å². The van der Waals surface area contributed by atoms with Gasteiger partial charge in [0.25, 0.3) is 0 Å². The third-order valence-corrected chi connectivity index (χ3v) is 4.20. The zero-order valence-corrected chi connectivity index (χ0v) is 14.7. The number of hydrogen-bond donors (Lipinski definition) is 1. The van der Waals surface area contributed by atoms with Gasteiger partial charge in [-0.3, -0.25) is 4.68 Å². The molecule has 1 heterocycles. The van der Waals surface area contributed by atoms with Gasteiger partial charge in [0.05, 0.1) is 10.7 Å². The first-order chi connectivity index (χ1) is 11.8. The van der Waals surface area contributed by atoms with Gasteiger partial charge in [-0.15, -0.1) is 0 Å². The minimum Gasteiger partial charge on any atom is -0.335 e. The van der Waals surface area contributed by atoms with E-state index in [4.69, 9.17) is 23.2 Å². The van der Waals surface area contributed by atoms with Crippen molar-refractivity contribution >= 4 is 34.7 Å². The van der Waals surface area contributed by atoms with E-state index in [1.165, 1.54) is 16.8 Å². The van der Waals surface area contributed by atoms with Gasteiger partial charge in [-0.05, 0) is 37.3 Å². The normalized spacial score (nSPS) is 11.0. The summed E-state index contributed by atoms with van der Waals surface area (Å²) in [5.41, 5.74) is 1.20. The van der Waals surface area contributed by atoms with Gasteiger partial charge in [0, 0.05) is 23.2 Å². The van der Waals surface area contributed by atoms with E-state index in [1.54, 1.807) is 14.0 Å². The van der Waals surface area contributed by atoms with E-state index in [1.807, 2.05) is 0 Å². The minimum atomic E-state index is -0.847. The number of rotatable bonds is 3. The van der Waals surface area contributed by atoms with E-state index in [0.29, 0.717) is 22.6 Å². The molecule has 0 saturated heterocycles. The maximum Gasteiger partial charge on any atom is 0.151 e. The number of nitrogens with zero attached hydrogens (tertiary/aromatic N) is 2. The number of aromatic nitrogens is 2. The summed E-state index contributed by atoms with van der Waals surface area (Å²) in [6.45, 7) is 1.72. The van der Waals surface area contributed by atoms with E-state index in [2.05, 4.69) is 10.4 Å². The average Bonchev–Trinajstić information content (AvgIpc) is 2.77. The second-order valence-electron chi connectivity index (χ2n) is 5.43. The molecule has 0 aliphatic carbocycles. The van der Waals surface area contributed by atoms with E-state index < -0.39 is 17.5 Å². The molecular weight excluding hydrogens is 374 g/mol. The minimum absolute atomic E-state index is 0.0523. The maximum absolute atomic E-state index is 14.1. The highest BCUT2D eigenvalue weighted by Gasteiger charge is 2.21. The fraction of sp³-hybridized carbons (Fsp3) is 0.118. The van der Waals surface area contributed by atoms with Crippen molar-refractivity contribution in [2.24, 2.45) is 7.05 Å². The highest BCUT2D eigenvalue weighted by molar-refractivity contribution is 6.33. The Morgan fingerprint density at radius 2 is 1.68 bits per heavy atom. The van der Waals surface area contributed by atoms with Crippen LogP contribution in [-0.4, -0.2) is 9.78 Å². The van der Waals surface area contributed by atoms with Crippen LogP contribution in [0.15, 0.2) is 30.3 Å². The zero-order chi connectivity index (χ0) is 18.3. The first-order valence-corrected chi connectivity index (χ1v) is 7.94. The summed E-state index contributed by atoms with van der Waals surface area (Å²) >= 11 is 11.8. The summed E-state index contributed by atoms with van der Waals surface area (Å²) in [4.78, 5) is 0. The molecule has 0 radical (unpaired) electrons. The van der Waals surface area contributed by atoms with Crippen LogP contribution >= 0.6 is 23.2 Å². The largest absolute Gasteiger partial charge is 0.335 e. The van der Waals surface area contributed by atoms with Crippen molar-refractivity contribution in [3.63, 3.8) is 0 Å². The molecule has 0 spiro atoms.